The zero-order valence-electron chi connectivity index (χ0n) is 14.9. The minimum atomic E-state index is -0.109. The van der Waals surface area contributed by atoms with Crippen LogP contribution in [0.1, 0.15) is 24.2 Å². The maximum absolute atomic E-state index is 12.3. The number of aryl methyl sites for hydroxylation is 2. The van der Waals surface area contributed by atoms with Gasteiger partial charge in [-0.15, -0.1) is 0 Å². The lowest BCUT2D eigenvalue weighted by Gasteiger charge is -2.25. The fourth-order valence-corrected chi connectivity index (χ4v) is 3.43. The smallest absolute Gasteiger partial charge is 0.266 e. The molecule has 1 fully saturated rings. The number of aromatic nitrogens is 6. The number of hydrogen-bond acceptors (Lipinski definition) is 6. The highest BCUT2D eigenvalue weighted by Crippen LogP contribution is 2.23. The minimum absolute atomic E-state index is 0.109. The van der Waals surface area contributed by atoms with Crippen molar-refractivity contribution >= 4 is 5.95 Å². The average molecular weight is 351 g/mol. The van der Waals surface area contributed by atoms with Gasteiger partial charge in [0.25, 0.3) is 5.56 Å². The van der Waals surface area contributed by atoms with Gasteiger partial charge in [-0.3, -0.25) is 9.36 Å². The number of rotatable bonds is 4. The minimum Gasteiger partial charge on any atom is -0.336 e. The van der Waals surface area contributed by atoms with Crippen LogP contribution in [0.3, 0.4) is 0 Å². The van der Waals surface area contributed by atoms with Crippen LogP contribution >= 0.6 is 0 Å². The molecule has 1 aliphatic heterocycles. The van der Waals surface area contributed by atoms with Gasteiger partial charge >= 0.3 is 0 Å². The third-order valence-electron chi connectivity index (χ3n) is 4.61. The third-order valence-corrected chi connectivity index (χ3v) is 4.61. The summed E-state index contributed by atoms with van der Waals surface area (Å²) in [7, 11) is 0. The number of hydrogen-bond donors (Lipinski definition) is 0. The monoisotopic (exact) mass is 351 g/mol. The highest BCUT2D eigenvalue weighted by Gasteiger charge is 2.28. The van der Waals surface area contributed by atoms with Gasteiger partial charge in [-0.1, -0.05) is 0 Å². The molecular formula is C18H21N7O. The lowest BCUT2D eigenvalue weighted by molar-refractivity contribution is 0.482. The Bertz CT molecular complexity index is 944. The Morgan fingerprint density at radius 1 is 1.19 bits per heavy atom. The summed E-state index contributed by atoms with van der Waals surface area (Å²) in [5.41, 5.74) is 1.80. The first-order valence-electron chi connectivity index (χ1n) is 8.75. The summed E-state index contributed by atoms with van der Waals surface area (Å²) in [5.74, 6) is 1.41. The summed E-state index contributed by atoms with van der Waals surface area (Å²) in [6, 6.07) is 5.38. The maximum Gasteiger partial charge on any atom is 0.266 e. The Morgan fingerprint density at radius 2 is 2.00 bits per heavy atom. The van der Waals surface area contributed by atoms with Gasteiger partial charge in [0.1, 0.15) is 6.33 Å². The first kappa shape index (κ1) is 16.4. The molecule has 1 saturated heterocycles. The van der Waals surface area contributed by atoms with Gasteiger partial charge in [0.05, 0.1) is 12.6 Å². The normalized spacial score (nSPS) is 17.0. The second-order valence-corrected chi connectivity index (χ2v) is 6.62. The Morgan fingerprint density at radius 3 is 2.73 bits per heavy atom. The second kappa shape index (κ2) is 6.70. The molecule has 0 aliphatic carbocycles. The van der Waals surface area contributed by atoms with E-state index in [0.29, 0.717) is 12.4 Å². The zero-order valence-corrected chi connectivity index (χ0v) is 14.9. The molecule has 0 N–H and O–H groups in total. The predicted molar refractivity (Wildman–Crippen MR) is 97.5 cm³/mol. The molecule has 8 nitrogen and oxygen atoms in total. The first-order chi connectivity index (χ1) is 12.6. The van der Waals surface area contributed by atoms with Crippen molar-refractivity contribution in [1.29, 1.82) is 0 Å². The van der Waals surface area contributed by atoms with Crippen LogP contribution in [-0.2, 0) is 6.54 Å². The van der Waals surface area contributed by atoms with Crippen LogP contribution in [0.15, 0.2) is 41.7 Å². The van der Waals surface area contributed by atoms with E-state index in [-0.39, 0.29) is 11.6 Å². The molecule has 1 atom stereocenters. The standard InChI is InChI=1S/C18H21N7O/c1-13-10-14(2)21-18(20-13)24-8-3-4-15(24)11-25-17(26)6-5-16(22-25)23-9-7-19-12-23/h5-7,9-10,12,15H,3-4,8,11H2,1-2H3. The topological polar surface area (TPSA) is 81.7 Å². The Balaban J connectivity index is 1.62. The van der Waals surface area contributed by atoms with Gasteiger partial charge < -0.3 is 4.90 Å². The summed E-state index contributed by atoms with van der Waals surface area (Å²) in [6.45, 7) is 5.36. The second-order valence-electron chi connectivity index (χ2n) is 6.62. The molecule has 3 aromatic rings. The molecule has 4 heterocycles. The largest absolute Gasteiger partial charge is 0.336 e. The molecule has 26 heavy (non-hydrogen) atoms. The highest BCUT2D eigenvalue weighted by molar-refractivity contribution is 5.35. The molecule has 1 aliphatic rings. The summed E-state index contributed by atoms with van der Waals surface area (Å²) in [5, 5.41) is 4.50. The Hall–Kier alpha value is -3.03. The molecular weight excluding hydrogens is 330 g/mol. The van der Waals surface area contributed by atoms with E-state index < -0.39 is 0 Å². The van der Waals surface area contributed by atoms with Crippen molar-refractivity contribution < 1.29 is 0 Å². The van der Waals surface area contributed by atoms with Crippen LogP contribution < -0.4 is 10.5 Å². The molecule has 0 spiro atoms. The van der Waals surface area contributed by atoms with E-state index in [1.165, 1.54) is 4.68 Å². The molecule has 134 valence electrons. The molecule has 0 aromatic carbocycles. The quantitative estimate of drug-likeness (QED) is 0.709. The molecule has 8 heteroatoms. The van der Waals surface area contributed by atoms with Crippen LogP contribution in [0, 0.1) is 13.8 Å². The van der Waals surface area contributed by atoms with Crippen LogP contribution in [0.25, 0.3) is 5.82 Å². The predicted octanol–water partition coefficient (Wildman–Crippen LogP) is 1.50. The van der Waals surface area contributed by atoms with E-state index >= 15 is 0 Å². The SMILES string of the molecule is Cc1cc(C)nc(N2CCCC2Cn2nc(-n3ccnc3)ccc2=O)n1. The Labute approximate surface area is 151 Å². The van der Waals surface area contributed by atoms with E-state index in [9.17, 15) is 4.79 Å². The van der Waals surface area contributed by atoms with E-state index in [1.807, 2.05) is 26.1 Å². The van der Waals surface area contributed by atoms with Crippen molar-refractivity contribution in [2.75, 3.05) is 11.4 Å². The van der Waals surface area contributed by atoms with Gasteiger partial charge in [0, 0.05) is 36.4 Å². The average Bonchev–Trinajstić information content (AvgIpc) is 3.27. The van der Waals surface area contributed by atoms with E-state index in [0.717, 1.165) is 36.7 Å². The molecule has 0 saturated carbocycles. The van der Waals surface area contributed by atoms with Gasteiger partial charge in [0.15, 0.2) is 5.82 Å². The lowest BCUT2D eigenvalue weighted by Crippen LogP contribution is -2.38. The number of imidazole rings is 1. The first-order valence-corrected chi connectivity index (χ1v) is 8.75. The van der Waals surface area contributed by atoms with E-state index in [4.69, 9.17) is 0 Å². The van der Waals surface area contributed by atoms with Crippen molar-refractivity contribution in [3.63, 3.8) is 0 Å². The molecule has 0 radical (unpaired) electrons. The third kappa shape index (κ3) is 3.22. The van der Waals surface area contributed by atoms with E-state index in [1.54, 1.807) is 29.2 Å². The summed E-state index contributed by atoms with van der Waals surface area (Å²) < 4.78 is 3.32. The zero-order chi connectivity index (χ0) is 18.1. The van der Waals surface area contributed by atoms with Crippen molar-refractivity contribution in [2.45, 2.75) is 39.3 Å². The van der Waals surface area contributed by atoms with Crippen molar-refractivity contribution in [2.24, 2.45) is 0 Å². The molecule has 0 amide bonds. The van der Waals surface area contributed by atoms with Gasteiger partial charge in [-0.2, -0.15) is 5.10 Å². The number of nitrogens with zero attached hydrogens (tertiary/aromatic N) is 7. The summed E-state index contributed by atoms with van der Waals surface area (Å²) in [4.78, 5) is 27.7. The molecule has 0 bridgehead atoms. The van der Waals surface area contributed by atoms with Crippen molar-refractivity contribution in [1.82, 2.24) is 29.3 Å². The van der Waals surface area contributed by atoms with Crippen LogP contribution in [-0.4, -0.2) is 41.9 Å². The van der Waals surface area contributed by atoms with Crippen LogP contribution in [0.2, 0.25) is 0 Å². The summed E-state index contributed by atoms with van der Waals surface area (Å²) in [6.07, 6.45) is 7.20. The van der Waals surface area contributed by atoms with Gasteiger partial charge in [-0.25, -0.2) is 19.6 Å². The molecule has 3 aromatic heterocycles. The number of anilines is 1. The van der Waals surface area contributed by atoms with Crippen molar-refractivity contribution in [3.05, 3.63) is 58.7 Å². The van der Waals surface area contributed by atoms with Gasteiger partial charge in [0.2, 0.25) is 5.95 Å². The molecule has 4 rings (SSSR count). The lowest BCUT2D eigenvalue weighted by atomic mass is 10.2. The van der Waals surface area contributed by atoms with E-state index in [2.05, 4.69) is 25.0 Å². The fraction of sp³-hybridized carbons (Fsp3) is 0.389. The van der Waals surface area contributed by atoms with Crippen LogP contribution in [0.5, 0.6) is 0 Å². The summed E-state index contributed by atoms with van der Waals surface area (Å²) >= 11 is 0. The highest BCUT2D eigenvalue weighted by atomic mass is 16.1. The fourth-order valence-electron chi connectivity index (χ4n) is 3.43. The van der Waals surface area contributed by atoms with Gasteiger partial charge in [-0.05, 0) is 38.8 Å². The van der Waals surface area contributed by atoms with Crippen molar-refractivity contribution in [3.8, 4) is 5.82 Å². The maximum atomic E-state index is 12.3. The molecule has 1 unspecified atom stereocenters. The Kier molecular flexibility index (Phi) is 4.24. The van der Waals surface area contributed by atoms with Crippen LogP contribution in [0.4, 0.5) is 5.95 Å².